The average molecular weight is 535 g/mol. The summed E-state index contributed by atoms with van der Waals surface area (Å²) in [7, 11) is 0. The molecule has 0 radical (unpaired) electrons. The van der Waals surface area contributed by atoms with Crippen LogP contribution >= 0.6 is 11.8 Å². The van der Waals surface area contributed by atoms with Crippen molar-refractivity contribution in [3.63, 3.8) is 0 Å². The second kappa shape index (κ2) is 16.2. The van der Waals surface area contributed by atoms with Crippen LogP contribution in [0.2, 0.25) is 0 Å². The van der Waals surface area contributed by atoms with Crippen molar-refractivity contribution in [1.82, 2.24) is 0 Å². The van der Waals surface area contributed by atoms with Crippen LogP contribution in [0.5, 0.6) is 11.5 Å². The van der Waals surface area contributed by atoms with Crippen LogP contribution in [-0.2, 0) is 11.2 Å². The summed E-state index contributed by atoms with van der Waals surface area (Å²) in [6, 6.07) is 24.6. The summed E-state index contributed by atoms with van der Waals surface area (Å²) in [6.07, 6.45) is 7.44. The number of benzene rings is 3. The molecule has 0 aliphatic rings. The fourth-order valence-electron chi connectivity index (χ4n) is 3.68. The zero-order chi connectivity index (χ0) is 27.0. The van der Waals surface area contributed by atoms with Crippen molar-refractivity contribution in [2.75, 3.05) is 19.0 Å². The SMILES string of the molecule is O=C(O)CCCSC(/C=C/c1cccc(OCCCCOc2ccccc2)c1)Cc1ccc(C(=O)O)cc1. The van der Waals surface area contributed by atoms with Crippen molar-refractivity contribution < 1.29 is 29.3 Å². The fourth-order valence-corrected chi connectivity index (χ4v) is 4.80. The third-order valence-electron chi connectivity index (χ3n) is 5.69. The van der Waals surface area contributed by atoms with Gasteiger partial charge in [0.2, 0.25) is 0 Å². The van der Waals surface area contributed by atoms with Crippen LogP contribution in [0.15, 0.2) is 84.9 Å². The Morgan fingerprint density at radius 1 is 0.816 bits per heavy atom. The molecule has 0 fully saturated rings. The van der Waals surface area contributed by atoms with Crippen molar-refractivity contribution >= 4 is 29.8 Å². The molecule has 3 aromatic carbocycles. The second-order valence-corrected chi connectivity index (χ2v) is 10.1. The van der Waals surface area contributed by atoms with Gasteiger partial charge >= 0.3 is 11.9 Å². The van der Waals surface area contributed by atoms with Gasteiger partial charge in [-0.2, -0.15) is 11.8 Å². The van der Waals surface area contributed by atoms with Gasteiger partial charge in [0.15, 0.2) is 0 Å². The number of carboxylic acids is 2. The zero-order valence-electron chi connectivity index (χ0n) is 21.3. The van der Waals surface area contributed by atoms with Crippen LogP contribution in [0, 0.1) is 0 Å². The van der Waals surface area contributed by atoms with E-state index < -0.39 is 11.9 Å². The first-order chi connectivity index (χ1) is 18.5. The van der Waals surface area contributed by atoms with Gasteiger partial charge in [-0.3, -0.25) is 4.79 Å². The molecule has 0 amide bonds. The average Bonchev–Trinajstić information content (AvgIpc) is 2.92. The van der Waals surface area contributed by atoms with E-state index in [9.17, 15) is 9.59 Å². The van der Waals surface area contributed by atoms with Crippen molar-refractivity contribution in [2.24, 2.45) is 0 Å². The van der Waals surface area contributed by atoms with Crippen LogP contribution in [0.1, 0.15) is 47.2 Å². The summed E-state index contributed by atoms with van der Waals surface area (Å²) in [4.78, 5) is 22.0. The number of aromatic carboxylic acids is 1. The lowest BCUT2D eigenvalue weighted by atomic mass is 10.1. The highest BCUT2D eigenvalue weighted by atomic mass is 32.2. The Hall–Kier alpha value is -3.71. The maximum Gasteiger partial charge on any atom is 0.335 e. The summed E-state index contributed by atoms with van der Waals surface area (Å²) >= 11 is 1.70. The Kier molecular flexibility index (Phi) is 12.3. The molecule has 38 heavy (non-hydrogen) atoms. The first kappa shape index (κ1) is 28.9. The normalized spacial score (nSPS) is 11.8. The number of carbonyl (C=O) groups is 2. The number of ether oxygens (including phenoxy) is 2. The molecule has 0 bridgehead atoms. The highest BCUT2D eigenvalue weighted by molar-refractivity contribution is 8.00. The molecule has 1 unspecified atom stereocenters. The standard InChI is InChI=1S/C31H34O6S/c32-30(33)12-7-21-38-29(23-25-13-16-26(17-14-25)31(34)35)18-15-24-8-6-11-28(22-24)37-20-5-4-19-36-27-9-2-1-3-10-27/h1-3,6,8-11,13-18,22,29H,4-5,7,12,19-21,23H2,(H,32,33)(H,34,35)/b18-15+. The molecule has 6 nitrogen and oxygen atoms in total. The van der Waals surface area contributed by atoms with E-state index in [-0.39, 0.29) is 17.2 Å². The Balaban J connectivity index is 1.51. The Bertz CT molecular complexity index is 1160. The smallest absolute Gasteiger partial charge is 0.335 e. The minimum Gasteiger partial charge on any atom is -0.494 e. The molecule has 1 atom stereocenters. The van der Waals surface area contributed by atoms with Crippen molar-refractivity contribution in [2.45, 2.75) is 37.4 Å². The molecular formula is C31H34O6S. The lowest BCUT2D eigenvalue weighted by Crippen LogP contribution is -2.06. The van der Waals surface area contributed by atoms with Crippen molar-refractivity contribution in [3.05, 3.63) is 102 Å². The third kappa shape index (κ3) is 11.1. The molecule has 0 heterocycles. The molecule has 0 aliphatic heterocycles. The van der Waals surface area contributed by atoms with E-state index in [2.05, 4.69) is 12.2 Å². The predicted octanol–water partition coefficient (Wildman–Crippen LogP) is 6.85. The largest absolute Gasteiger partial charge is 0.494 e. The Morgan fingerprint density at radius 3 is 2.18 bits per heavy atom. The van der Waals surface area contributed by atoms with Gasteiger partial charge < -0.3 is 19.7 Å². The number of hydrogen-bond acceptors (Lipinski definition) is 5. The summed E-state index contributed by atoms with van der Waals surface area (Å²) in [5, 5.41) is 18.2. The number of para-hydroxylation sites is 1. The number of thioether (sulfide) groups is 1. The van der Waals surface area contributed by atoms with E-state index >= 15 is 0 Å². The number of hydrogen-bond donors (Lipinski definition) is 2. The Labute approximate surface area is 228 Å². The quantitative estimate of drug-likeness (QED) is 0.183. The number of rotatable bonds is 17. The van der Waals surface area contributed by atoms with Crippen molar-refractivity contribution in [1.29, 1.82) is 0 Å². The summed E-state index contributed by atoms with van der Waals surface area (Å²) in [5.41, 5.74) is 2.31. The van der Waals surface area contributed by atoms with E-state index in [0.29, 0.717) is 19.6 Å². The minimum absolute atomic E-state index is 0.119. The topological polar surface area (TPSA) is 93.1 Å². The van der Waals surface area contributed by atoms with Crippen LogP contribution in [0.25, 0.3) is 6.08 Å². The highest BCUT2D eigenvalue weighted by Gasteiger charge is 2.10. The Morgan fingerprint density at radius 2 is 1.50 bits per heavy atom. The van der Waals surface area contributed by atoms with E-state index in [0.717, 1.165) is 47.6 Å². The summed E-state index contributed by atoms with van der Waals surface area (Å²) < 4.78 is 11.7. The van der Waals surface area contributed by atoms with Gasteiger partial charge in [-0.05, 0) is 79.0 Å². The van der Waals surface area contributed by atoms with Gasteiger partial charge in [-0.25, -0.2) is 4.79 Å². The van der Waals surface area contributed by atoms with Gasteiger partial charge in [0.1, 0.15) is 11.5 Å². The van der Waals surface area contributed by atoms with Crippen LogP contribution < -0.4 is 9.47 Å². The van der Waals surface area contributed by atoms with E-state index in [1.54, 1.807) is 23.9 Å². The lowest BCUT2D eigenvalue weighted by molar-refractivity contribution is -0.137. The molecule has 2 N–H and O–H groups in total. The lowest BCUT2D eigenvalue weighted by Gasteiger charge is -2.13. The molecule has 0 spiro atoms. The van der Waals surface area contributed by atoms with Crippen LogP contribution in [-0.4, -0.2) is 46.4 Å². The van der Waals surface area contributed by atoms with Crippen molar-refractivity contribution in [3.8, 4) is 11.5 Å². The molecule has 3 rings (SSSR count). The molecule has 0 saturated heterocycles. The molecule has 7 heteroatoms. The first-order valence-corrected chi connectivity index (χ1v) is 13.8. The van der Waals surface area contributed by atoms with Crippen LogP contribution in [0.4, 0.5) is 0 Å². The number of unbranched alkanes of at least 4 members (excludes halogenated alkanes) is 1. The number of aliphatic carboxylic acids is 1. The van der Waals surface area contributed by atoms with Crippen LogP contribution in [0.3, 0.4) is 0 Å². The molecule has 200 valence electrons. The van der Waals surface area contributed by atoms with E-state index in [4.69, 9.17) is 19.7 Å². The third-order valence-corrected chi connectivity index (χ3v) is 6.96. The molecule has 0 aromatic heterocycles. The summed E-state index contributed by atoms with van der Waals surface area (Å²) in [6.45, 7) is 1.26. The highest BCUT2D eigenvalue weighted by Crippen LogP contribution is 2.22. The first-order valence-electron chi connectivity index (χ1n) is 12.7. The molecular weight excluding hydrogens is 500 g/mol. The monoisotopic (exact) mass is 534 g/mol. The minimum atomic E-state index is -0.946. The molecule has 0 aliphatic carbocycles. The van der Waals surface area contributed by atoms with Gasteiger partial charge in [0.25, 0.3) is 0 Å². The van der Waals surface area contributed by atoms with Gasteiger partial charge in [0, 0.05) is 11.7 Å². The van der Waals surface area contributed by atoms with E-state index in [1.165, 1.54) is 0 Å². The zero-order valence-corrected chi connectivity index (χ0v) is 22.1. The summed E-state index contributed by atoms with van der Waals surface area (Å²) in [5.74, 6) is 0.682. The van der Waals surface area contributed by atoms with E-state index in [1.807, 2.05) is 66.7 Å². The molecule has 0 saturated carbocycles. The fraction of sp³-hybridized carbons (Fsp3) is 0.290. The predicted molar refractivity (Wildman–Crippen MR) is 152 cm³/mol. The van der Waals surface area contributed by atoms with Gasteiger partial charge in [-0.15, -0.1) is 0 Å². The second-order valence-electron chi connectivity index (χ2n) is 8.76. The molecule has 3 aromatic rings. The van der Waals surface area contributed by atoms with Gasteiger partial charge in [0.05, 0.1) is 18.8 Å². The van der Waals surface area contributed by atoms with Gasteiger partial charge in [-0.1, -0.05) is 54.6 Å². The maximum atomic E-state index is 11.1. The maximum absolute atomic E-state index is 11.1. The number of carboxylic acid groups (broad SMARTS) is 2.